The summed E-state index contributed by atoms with van der Waals surface area (Å²) in [5, 5.41) is 0. The van der Waals surface area contributed by atoms with Crippen LogP contribution in [-0.4, -0.2) is 0 Å². The van der Waals surface area contributed by atoms with Crippen molar-refractivity contribution in [2.24, 2.45) is 0 Å². The minimum atomic E-state index is 0. The van der Waals surface area contributed by atoms with E-state index in [1.807, 2.05) is 30.4 Å². The smallest absolute Gasteiger partial charge is 0.343 e. The molecule has 0 atom stereocenters. The molecule has 0 aliphatic rings. The summed E-state index contributed by atoms with van der Waals surface area (Å²) in [6.45, 7) is 7.36. The first-order valence-electron chi connectivity index (χ1n) is 5.62. The fourth-order valence-corrected chi connectivity index (χ4v) is 1.35. The quantitative estimate of drug-likeness (QED) is 0.312. The summed E-state index contributed by atoms with van der Waals surface area (Å²) in [5.41, 5.74) is 2.38. The molecule has 0 aliphatic heterocycles. The van der Waals surface area contributed by atoms with E-state index in [0.29, 0.717) is 0 Å². The molecule has 0 N–H and O–H groups in total. The Bertz CT molecular complexity index is 470. The summed E-state index contributed by atoms with van der Waals surface area (Å²) in [6.07, 6.45) is 11.2. The molecule has 0 aromatic heterocycles. The molecule has 0 radical (unpaired) electrons. The van der Waals surface area contributed by atoms with Gasteiger partial charge in [-0.25, -0.2) is 0 Å². The minimum Gasteiger partial charge on any atom is -0.343 e. The second-order valence-electron chi connectivity index (χ2n) is 3.46. The van der Waals surface area contributed by atoms with Gasteiger partial charge in [-0.3, -0.25) is 0 Å². The third-order valence-corrected chi connectivity index (χ3v) is 2.10. The number of hydrogen-bond acceptors (Lipinski definition) is 0. The fourth-order valence-electron chi connectivity index (χ4n) is 1.35. The van der Waals surface area contributed by atoms with E-state index >= 15 is 0 Å². The third-order valence-electron chi connectivity index (χ3n) is 2.10. The monoisotopic (exact) mass is 227 g/mol. The standard InChI is InChI=1S/C17H16.Li/c1-3-5-6-7-8-9-12-17-14-10-13-16(15-17)11-4-2;/h3,7-10,12,14-15H,1-2,4,11H2;/q-2;+1/b8-7+,12-9+;. The summed E-state index contributed by atoms with van der Waals surface area (Å²) in [5.74, 6) is 5.59. The summed E-state index contributed by atoms with van der Waals surface area (Å²) < 4.78 is 0. The van der Waals surface area contributed by atoms with Crippen molar-refractivity contribution in [2.45, 2.75) is 12.8 Å². The van der Waals surface area contributed by atoms with Crippen molar-refractivity contribution in [3.05, 3.63) is 73.2 Å². The van der Waals surface area contributed by atoms with Crippen LogP contribution in [0.15, 0.2) is 49.1 Å². The predicted molar refractivity (Wildman–Crippen MR) is 75.1 cm³/mol. The predicted octanol–water partition coefficient (Wildman–Crippen LogP) is 1.02. The van der Waals surface area contributed by atoms with Crippen molar-refractivity contribution in [1.29, 1.82) is 0 Å². The molecule has 1 aromatic carbocycles. The van der Waals surface area contributed by atoms with Gasteiger partial charge in [0.05, 0.1) is 0 Å². The Kier molecular flexibility index (Phi) is 9.90. The maximum Gasteiger partial charge on any atom is 1.00 e. The average molecular weight is 227 g/mol. The Morgan fingerprint density at radius 3 is 2.89 bits per heavy atom. The molecule has 86 valence electrons. The molecule has 0 nitrogen and oxygen atoms in total. The number of rotatable bonds is 4. The Morgan fingerprint density at radius 1 is 1.33 bits per heavy atom. The van der Waals surface area contributed by atoms with Crippen LogP contribution < -0.4 is 18.9 Å². The minimum absolute atomic E-state index is 0. The Balaban J connectivity index is 0.00000289. The molecule has 0 fully saturated rings. The molecule has 18 heavy (non-hydrogen) atoms. The Labute approximate surface area is 123 Å². The van der Waals surface area contributed by atoms with Gasteiger partial charge in [0.15, 0.2) is 0 Å². The van der Waals surface area contributed by atoms with E-state index in [2.05, 4.69) is 37.5 Å². The molecule has 0 spiro atoms. The van der Waals surface area contributed by atoms with Gasteiger partial charge >= 0.3 is 18.9 Å². The van der Waals surface area contributed by atoms with E-state index in [1.165, 1.54) is 11.1 Å². The van der Waals surface area contributed by atoms with E-state index in [9.17, 15) is 0 Å². The van der Waals surface area contributed by atoms with Gasteiger partial charge in [-0.1, -0.05) is 43.1 Å². The first kappa shape index (κ1) is 16.6. The summed E-state index contributed by atoms with van der Waals surface area (Å²) in [6, 6.07) is 9.32. The second kappa shape index (κ2) is 10.7. The molecular formula is C17H16Li-. The Morgan fingerprint density at radius 2 is 2.17 bits per heavy atom. The largest absolute Gasteiger partial charge is 1.00 e. The Hall–Kier alpha value is -1.40. The van der Waals surface area contributed by atoms with Gasteiger partial charge in [-0.15, -0.1) is 5.56 Å². The van der Waals surface area contributed by atoms with Crippen LogP contribution in [0.4, 0.5) is 0 Å². The van der Waals surface area contributed by atoms with Crippen molar-refractivity contribution in [1.82, 2.24) is 0 Å². The number of hydrogen-bond donors (Lipinski definition) is 0. The van der Waals surface area contributed by atoms with Gasteiger partial charge in [0.1, 0.15) is 0 Å². The summed E-state index contributed by atoms with van der Waals surface area (Å²) in [4.78, 5) is 0. The molecule has 0 unspecified atom stereocenters. The first-order chi connectivity index (χ1) is 8.36. The van der Waals surface area contributed by atoms with Gasteiger partial charge in [-0.05, 0) is 12.2 Å². The molecule has 1 aromatic rings. The molecule has 0 aliphatic carbocycles. The second-order valence-corrected chi connectivity index (χ2v) is 3.46. The van der Waals surface area contributed by atoms with Crippen molar-refractivity contribution in [3.8, 4) is 11.8 Å². The van der Waals surface area contributed by atoms with Crippen molar-refractivity contribution >= 4 is 6.08 Å². The van der Waals surface area contributed by atoms with Crippen LogP contribution in [0.25, 0.3) is 6.08 Å². The van der Waals surface area contributed by atoms with Gasteiger partial charge in [0.25, 0.3) is 0 Å². The van der Waals surface area contributed by atoms with Crippen molar-refractivity contribution in [2.75, 3.05) is 0 Å². The normalized spacial score (nSPS) is 9.83. The van der Waals surface area contributed by atoms with Crippen LogP contribution in [0.2, 0.25) is 0 Å². The SMILES string of the molecule is C=CC#C/C=C/C=C/c1cc[c-]c(CC[CH2-])c1.[Li+]. The van der Waals surface area contributed by atoms with Crippen LogP contribution in [-0.2, 0) is 6.42 Å². The van der Waals surface area contributed by atoms with E-state index < -0.39 is 0 Å². The van der Waals surface area contributed by atoms with E-state index in [1.54, 1.807) is 12.2 Å². The average Bonchev–Trinajstić information content (AvgIpc) is 2.35. The van der Waals surface area contributed by atoms with Gasteiger partial charge in [-0.2, -0.15) is 36.2 Å². The third kappa shape index (κ3) is 7.03. The molecule has 1 rings (SSSR count). The van der Waals surface area contributed by atoms with Gasteiger partial charge < -0.3 is 6.92 Å². The topological polar surface area (TPSA) is 0 Å². The van der Waals surface area contributed by atoms with Crippen molar-refractivity contribution < 1.29 is 18.9 Å². The molecule has 0 saturated carbocycles. The number of allylic oxidation sites excluding steroid dienone is 4. The fraction of sp³-hybridized carbons (Fsp3) is 0.118. The zero-order valence-corrected chi connectivity index (χ0v) is 10.9. The van der Waals surface area contributed by atoms with Crippen LogP contribution in [0.3, 0.4) is 0 Å². The number of benzene rings is 1. The molecule has 0 saturated heterocycles. The van der Waals surface area contributed by atoms with E-state index in [4.69, 9.17) is 0 Å². The first-order valence-corrected chi connectivity index (χ1v) is 5.62. The molecule has 0 bridgehead atoms. The summed E-state index contributed by atoms with van der Waals surface area (Å²) >= 11 is 0. The molecule has 0 heterocycles. The van der Waals surface area contributed by atoms with E-state index in [0.717, 1.165) is 12.8 Å². The molecule has 1 heteroatoms. The maximum atomic E-state index is 3.84. The van der Waals surface area contributed by atoms with Gasteiger partial charge in [0.2, 0.25) is 0 Å². The van der Waals surface area contributed by atoms with Crippen LogP contribution >= 0.6 is 0 Å². The van der Waals surface area contributed by atoms with Crippen LogP contribution in [0, 0.1) is 24.8 Å². The van der Waals surface area contributed by atoms with Gasteiger partial charge in [0, 0.05) is 0 Å². The summed E-state index contributed by atoms with van der Waals surface area (Å²) in [7, 11) is 0. The maximum absolute atomic E-state index is 3.84. The van der Waals surface area contributed by atoms with Crippen LogP contribution in [0.5, 0.6) is 0 Å². The zero-order valence-electron chi connectivity index (χ0n) is 10.9. The van der Waals surface area contributed by atoms with Crippen molar-refractivity contribution in [3.63, 3.8) is 0 Å². The molecule has 0 amide bonds. The zero-order chi connectivity index (χ0) is 12.3. The van der Waals surface area contributed by atoms with E-state index in [-0.39, 0.29) is 18.9 Å². The van der Waals surface area contributed by atoms with Crippen LogP contribution in [0.1, 0.15) is 17.5 Å². The number of aryl methyl sites for hydroxylation is 1. The molecular weight excluding hydrogens is 211 g/mol.